The Morgan fingerprint density at radius 3 is 3.11 bits per heavy atom. The van der Waals surface area contributed by atoms with Gasteiger partial charge in [0.15, 0.2) is 17.4 Å². The van der Waals surface area contributed by atoms with Gasteiger partial charge in [0.1, 0.15) is 0 Å². The molecule has 2 unspecified atom stereocenters. The van der Waals surface area contributed by atoms with E-state index in [4.69, 9.17) is 5.26 Å². The number of rotatable bonds is 2. The molecule has 2 rings (SSSR count). The van der Waals surface area contributed by atoms with Crippen LogP contribution in [0, 0.1) is 23.1 Å². The van der Waals surface area contributed by atoms with Crippen molar-refractivity contribution in [2.24, 2.45) is 5.92 Å². The number of halogens is 1. The number of aromatic nitrogens is 1. The van der Waals surface area contributed by atoms with Crippen LogP contribution in [-0.4, -0.2) is 40.5 Å². The molecule has 1 amide bonds. The molecule has 1 aliphatic rings. The second-order valence-corrected chi connectivity index (χ2v) is 4.50. The number of amides is 1. The number of hydrogen-bond donors (Lipinski definition) is 2. The SMILES string of the molecule is CN1CC(C(=O)Nc2nccc(F)c2O)CC1C#N. The highest BCUT2D eigenvalue weighted by Crippen LogP contribution is 2.26. The molecular weight excluding hydrogens is 251 g/mol. The molecule has 0 spiro atoms. The number of likely N-dealkylation sites (tertiary alicyclic amines) is 1. The fourth-order valence-electron chi connectivity index (χ4n) is 2.08. The summed E-state index contributed by atoms with van der Waals surface area (Å²) in [5.41, 5.74) is 0. The molecular formula is C12H13FN4O2. The topological polar surface area (TPSA) is 89.2 Å². The number of anilines is 1. The third-order valence-electron chi connectivity index (χ3n) is 3.18. The van der Waals surface area contributed by atoms with E-state index in [1.807, 2.05) is 0 Å². The zero-order chi connectivity index (χ0) is 14.0. The summed E-state index contributed by atoms with van der Waals surface area (Å²) in [6.07, 6.45) is 1.57. The maximum atomic E-state index is 13.1. The Balaban J connectivity index is 2.07. The molecule has 0 aliphatic carbocycles. The Labute approximate surface area is 109 Å². The van der Waals surface area contributed by atoms with Crippen molar-refractivity contribution in [2.45, 2.75) is 12.5 Å². The molecule has 19 heavy (non-hydrogen) atoms. The minimum atomic E-state index is -0.844. The minimum Gasteiger partial charge on any atom is -0.502 e. The second kappa shape index (κ2) is 5.20. The molecule has 100 valence electrons. The van der Waals surface area contributed by atoms with Crippen molar-refractivity contribution in [3.05, 3.63) is 18.1 Å². The summed E-state index contributed by atoms with van der Waals surface area (Å²) in [4.78, 5) is 17.5. The lowest BCUT2D eigenvalue weighted by atomic mass is 10.1. The Kier molecular flexibility index (Phi) is 3.62. The van der Waals surface area contributed by atoms with Crippen molar-refractivity contribution in [3.8, 4) is 11.8 Å². The number of carbonyl (C=O) groups is 1. The summed E-state index contributed by atoms with van der Waals surface area (Å²) in [5, 5.41) is 20.7. The van der Waals surface area contributed by atoms with Crippen molar-refractivity contribution < 1.29 is 14.3 Å². The number of nitriles is 1. The van der Waals surface area contributed by atoms with Crippen LogP contribution in [-0.2, 0) is 4.79 Å². The van der Waals surface area contributed by atoms with Crippen molar-refractivity contribution in [1.82, 2.24) is 9.88 Å². The molecule has 2 N–H and O–H groups in total. The minimum absolute atomic E-state index is 0.201. The fraction of sp³-hybridized carbons (Fsp3) is 0.417. The van der Waals surface area contributed by atoms with Crippen LogP contribution in [0.2, 0.25) is 0 Å². The maximum Gasteiger partial charge on any atom is 0.230 e. The van der Waals surface area contributed by atoms with Gasteiger partial charge >= 0.3 is 0 Å². The first-order valence-electron chi connectivity index (χ1n) is 5.77. The van der Waals surface area contributed by atoms with Gasteiger partial charge in [-0.1, -0.05) is 0 Å². The summed E-state index contributed by atoms with van der Waals surface area (Å²) in [5.74, 6) is -2.48. The summed E-state index contributed by atoms with van der Waals surface area (Å²) in [6, 6.07) is 2.80. The molecule has 0 bridgehead atoms. The summed E-state index contributed by atoms with van der Waals surface area (Å²) in [6.45, 7) is 0.445. The fourth-order valence-corrected chi connectivity index (χ4v) is 2.08. The first-order chi connectivity index (χ1) is 9.02. The van der Waals surface area contributed by atoms with Crippen LogP contribution >= 0.6 is 0 Å². The molecule has 1 aromatic heterocycles. The van der Waals surface area contributed by atoms with Crippen LogP contribution in [0.15, 0.2) is 12.3 Å². The Bertz CT molecular complexity index is 543. The van der Waals surface area contributed by atoms with Gasteiger partial charge in [-0.25, -0.2) is 9.37 Å². The third kappa shape index (κ3) is 2.63. The molecule has 0 radical (unpaired) electrons. The smallest absolute Gasteiger partial charge is 0.230 e. The molecule has 6 nitrogen and oxygen atoms in total. The summed E-state index contributed by atoms with van der Waals surface area (Å²) in [7, 11) is 1.76. The van der Waals surface area contributed by atoms with Gasteiger partial charge in [-0.15, -0.1) is 0 Å². The molecule has 1 saturated heterocycles. The lowest BCUT2D eigenvalue weighted by Gasteiger charge is -2.11. The predicted molar refractivity (Wildman–Crippen MR) is 64.6 cm³/mol. The zero-order valence-corrected chi connectivity index (χ0v) is 10.3. The van der Waals surface area contributed by atoms with Crippen molar-refractivity contribution in [3.63, 3.8) is 0 Å². The first kappa shape index (κ1) is 13.2. The van der Waals surface area contributed by atoms with Crippen LogP contribution in [0.5, 0.6) is 5.75 Å². The largest absolute Gasteiger partial charge is 0.502 e. The van der Waals surface area contributed by atoms with E-state index in [1.165, 1.54) is 0 Å². The Morgan fingerprint density at radius 2 is 2.47 bits per heavy atom. The van der Waals surface area contributed by atoms with E-state index in [0.717, 1.165) is 12.3 Å². The van der Waals surface area contributed by atoms with Gasteiger partial charge in [-0.3, -0.25) is 9.69 Å². The number of nitrogens with zero attached hydrogens (tertiary/aromatic N) is 3. The molecule has 2 heterocycles. The number of carbonyl (C=O) groups excluding carboxylic acids is 1. The zero-order valence-electron chi connectivity index (χ0n) is 10.3. The highest BCUT2D eigenvalue weighted by molar-refractivity contribution is 5.93. The quantitative estimate of drug-likeness (QED) is 0.821. The first-order valence-corrected chi connectivity index (χ1v) is 5.77. The van der Waals surface area contributed by atoms with E-state index in [9.17, 15) is 14.3 Å². The highest BCUT2D eigenvalue weighted by Gasteiger charge is 2.34. The van der Waals surface area contributed by atoms with Gasteiger partial charge < -0.3 is 10.4 Å². The van der Waals surface area contributed by atoms with Crippen LogP contribution < -0.4 is 5.32 Å². The van der Waals surface area contributed by atoms with Crippen LogP contribution in [0.3, 0.4) is 0 Å². The monoisotopic (exact) mass is 264 g/mol. The van der Waals surface area contributed by atoms with Gasteiger partial charge in [-0.05, 0) is 19.5 Å². The van der Waals surface area contributed by atoms with E-state index in [0.29, 0.717) is 13.0 Å². The lowest BCUT2D eigenvalue weighted by Crippen LogP contribution is -2.26. The molecule has 2 atom stereocenters. The van der Waals surface area contributed by atoms with Crippen molar-refractivity contribution in [2.75, 3.05) is 18.9 Å². The van der Waals surface area contributed by atoms with E-state index in [-0.39, 0.29) is 23.7 Å². The van der Waals surface area contributed by atoms with Crippen molar-refractivity contribution >= 4 is 11.7 Å². The molecule has 1 aromatic rings. The molecule has 0 aromatic carbocycles. The van der Waals surface area contributed by atoms with Crippen molar-refractivity contribution in [1.29, 1.82) is 5.26 Å². The normalized spacial score (nSPS) is 23.0. The van der Waals surface area contributed by atoms with Gasteiger partial charge in [-0.2, -0.15) is 5.26 Å². The van der Waals surface area contributed by atoms with Crippen LogP contribution in [0.25, 0.3) is 0 Å². The predicted octanol–water partition coefficient (Wildman–Crippen LogP) is 0.709. The number of nitrogens with one attached hydrogen (secondary N) is 1. The van der Waals surface area contributed by atoms with Gasteiger partial charge in [0.05, 0.1) is 18.0 Å². The number of aromatic hydroxyl groups is 1. The average molecular weight is 264 g/mol. The molecule has 1 aliphatic heterocycles. The Morgan fingerprint density at radius 1 is 1.74 bits per heavy atom. The summed E-state index contributed by atoms with van der Waals surface area (Å²) < 4.78 is 13.1. The molecule has 0 saturated carbocycles. The molecule has 1 fully saturated rings. The van der Waals surface area contributed by atoms with E-state index < -0.39 is 11.6 Å². The molecule has 7 heteroatoms. The van der Waals surface area contributed by atoms with Crippen LogP contribution in [0.1, 0.15) is 6.42 Å². The number of pyridine rings is 1. The van der Waals surface area contributed by atoms with Gasteiger partial charge in [0.25, 0.3) is 0 Å². The lowest BCUT2D eigenvalue weighted by molar-refractivity contribution is -0.119. The van der Waals surface area contributed by atoms with Gasteiger partial charge in [0, 0.05) is 12.7 Å². The van der Waals surface area contributed by atoms with Gasteiger partial charge in [0.2, 0.25) is 5.91 Å². The third-order valence-corrected chi connectivity index (χ3v) is 3.18. The second-order valence-electron chi connectivity index (χ2n) is 4.50. The average Bonchev–Trinajstić information content (AvgIpc) is 2.76. The Hall–Kier alpha value is -2.20. The maximum absolute atomic E-state index is 13.1. The standard InChI is InChI=1S/C12H13FN4O2/c1-17-6-7(4-8(17)5-14)12(19)16-11-10(18)9(13)2-3-15-11/h2-3,7-8,18H,4,6H2,1H3,(H,15,16,19). The number of hydrogen-bond acceptors (Lipinski definition) is 5. The van der Waals surface area contributed by atoms with E-state index in [1.54, 1.807) is 11.9 Å². The highest BCUT2D eigenvalue weighted by atomic mass is 19.1. The van der Waals surface area contributed by atoms with E-state index >= 15 is 0 Å². The summed E-state index contributed by atoms with van der Waals surface area (Å²) >= 11 is 0. The van der Waals surface area contributed by atoms with E-state index in [2.05, 4.69) is 16.4 Å². The van der Waals surface area contributed by atoms with Crippen LogP contribution in [0.4, 0.5) is 10.2 Å².